The van der Waals surface area contributed by atoms with Crippen LogP contribution in [0.15, 0.2) is 65.9 Å². The van der Waals surface area contributed by atoms with Gasteiger partial charge in [0.2, 0.25) is 0 Å². The molecule has 2 aromatic carbocycles. The van der Waals surface area contributed by atoms with Gasteiger partial charge in [0, 0.05) is 35.2 Å². The third-order valence-electron chi connectivity index (χ3n) is 5.33. The van der Waals surface area contributed by atoms with Crippen molar-refractivity contribution in [2.24, 2.45) is 5.10 Å². The van der Waals surface area contributed by atoms with Crippen LogP contribution in [0.2, 0.25) is 0 Å². The molecule has 1 heterocycles. The van der Waals surface area contributed by atoms with Gasteiger partial charge in [-0.3, -0.25) is 5.43 Å². The fourth-order valence-corrected chi connectivity index (χ4v) is 4.13. The van der Waals surface area contributed by atoms with Crippen LogP contribution in [0.3, 0.4) is 0 Å². The molecular formula is C23H26N4S. The van der Waals surface area contributed by atoms with Gasteiger partial charge in [-0.15, -0.1) is 0 Å². The second-order valence-electron chi connectivity index (χ2n) is 7.39. The van der Waals surface area contributed by atoms with Crippen LogP contribution in [0.1, 0.15) is 43.2 Å². The fraction of sp³-hybridized carbons (Fsp3) is 0.304. The van der Waals surface area contributed by atoms with Crippen LogP contribution in [0, 0.1) is 0 Å². The van der Waals surface area contributed by atoms with Gasteiger partial charge < -0.3 is 9.88 Å². The number of fused-ring (bicyclic) bond motifs is 1. The molecule has 1 aliphatic carbocycles. The Morgan fingerprint density at radius 3 is 2.61 bits per heavy atom. The molecule has 0 saturated heterocycles. The number of aromatic nitrogens is 1. The van der Waals surface area contributed by atoms with Gasteiger partial charge in [0.15, 0.2) is 5.11 Å². The maximum Gasteiger partial charge on any atom is 0.187 e. The van der Waals surface area contributed by atoms with Gasteiger partial charge in [-0.2, -0.15) is 5.10 Å². The Bertz CT molecular complexity index is 955. The van der Waals surface area contributed by atoms with Crippen molar-refractivity contribution in [3.8, 4) is 0 Å². The van der Waals surface area contributed by atoms with Gasteiger partial charge >= 0.3 is 0 Å². The summed E-state index contributed by atoms with van der Waals surface area (Å²) in [4.78, 5) is 0. The number of para-hydroxylation sites is 1. The predicted octanol–water partition coefficient (Wildman–Crippen LogP) is 4.82. The van der Waals surface area contributed by atoms with E-state index in [1.165, 1.54) is 48.6 Å². The van der Waals surface area contributed by atoms with E-state index in [4.69, 9.17) is 12.2 Å². The van der Waals surface area contributed by atoms with Gasteiger partial charge in [0.05, 0.1) is 6.21 Å². The third-order valence-corrected chi connectivity index (χ3v) is 5.53. The lowest BCUT2D eigenvalue weighted by Gasteiger charge is -2.23. The van der Waals surface area contributed by atoms with Crippen molar-refractivity contribution >= 4 is 34.4 Å². The Morgan fingerprint density at radius 1 is 1.04 bits per heavy atom. The maximum atomic E-state index is 5.40. The third kappa shape index (κ3) is 4.60. The molecule has 28 heavy (non-hydrogen) atoms. The van der Waals surface area contributed by atoms with Crippen LogP contribution in [-0.4, -0.2) is 21.9 Å². The van der Waals surface area contributed by atoms with Crippen molar-refractivity contribution in [2.45, 2.75) is 44.7 Å². The van der Waals surface area contributed by atoms with Crippen molar-refractivity contribution in [3.63, 3.8) is 0 Å². The zero-order valence-electron chi connectivity index (χ0n) is 16.0. The summed E-state index contributed by atoms with van der Waals surface area (Å²) < 4.78 is 2.27. The highest BCUT2D eigenvalue weighted by Crippen LogP contribution is 2.21. The average molecular weight is 391 g/mol. The van der Waals surface area contributed by atoms with Crippen LogP contribution in [0.4, 0.5) is 0 Å². The number of hydrazone groups is 1. The van der Waals surface area contributed by atoms with Crippen LogP contribution >= 0.6 is 12.2 Å². The van der Waals surface area contributed by atoms with E-state index in [0.29, 0.717) is 11.2 Å². The van der Waals surface area contributed by atoms with Crippen molar-refractivity contribution in [1.29, 1.82) is 0 Å². The van der Waals surface area contributed by atoms with Gasteiger partial charge in [-0.1, -0.05) is 67.8 Å². The minimum absolute atomic E-state index is 0.483. The van der Waals surface area contributed by atoms with Crippen LogP contribution in [-0.2, 0) is 6.54 Å². The number of nitrogens with zero attached hydrogens (tertiary/aromatic N) is 2. The van der Waals surface area contributed by atoms with E-state index >= 15 is 0 Å². The summed E-state index contributed by atoms with van der Waals surface area (Å²) in [5.74, 6) is 0. The van der Waals surface area contributed by atoms with Crippen LogP contribution < -0.4 is 10.7 Å². The zero-order valence-corrected chi connectivity index (χ0v) is 16.8. The summed E-state index contributed by atoms with van der Waals surface area (Å²) in [5.41, 5.74) is 6.55. The lowest BCUT2D eigenvalue weighted by molar-refractivity contribution is 0.412. The highest BCUT2D eigenvalue weighted by Gasteiger charge is 2.13. The van der Waals surface area contributed by atoms with Crippen LogP contribution in [0.5, 0.6) is 0 Å². The summed E-state index contributed by atoms with van der Waals surface area (Å²) in [7, 11) is 0. The van der Waals surface area contributed by atoms with E-state index in [9.17, 15) is 0 Å². The highest BCUT2D eigenvalue weighted by atomic mass is 32.1. The topological polar surface area (TPSA) is 41.4 Å². The van der Waals surface area contributed by atoms with Crippen LogP contribution in [0.25, 0.3) is 10.9 Å². The van der Waals surface area contributed by atoms with Crippen molar-refractivity contribution in [2.75, 3.05) is 0 Å². The summed E-state index contributed by atoms with van der Waals surface area (Å²) >= 11 is 5.40. The Balaban J connectivity index is 1.46. The average Bonchev–Trinajstić information content (AvgIpc) is 3.07. The van der Waals surface area contributed by atoms with Crippen molar-refractivity contribution < 1.29 is 0 Å². The highest BCUT2D eigenvalue weighted by molar-refractivity contribution is 7.80. The molecule has 144 valence electrons. The molecule has 0 aliphatic heterocycles. The molecule has 1 aliphatic rings. The monoisotopic (exact) mass is 390 g/mol. The molecule has 0 atom stereocenters. The second kappa shape index (κ2) is 9.02. The molecule has 2 N–H and O–H groups in total. The Labute approximate surface area is 171 Å². The Morgan fingerprint density at radius 2 is 1.79 bits per heavy atom. The van der Waals surface area contributed by atoms with E-state index < -0.39 is 0 Å². The predicted molar refractivity (Wildman–Crippen MR) is 121 cm³/mol. The molecule has 0 unspecified atom stereocenters. The number of rotatable bonds is 5. The molecule has 3 aromatic rings. The zero-order chi connectivity index (χ0) is 19.2. The van der Waals surface area contributed by atoms with E-state index in [1.54, 1.807) is 0 Å². The normalized spacial score (nSPS) is 15.1. The lowest BCUT2D eigenvalue weighted by atomic mass is 9.96. The molecule has 0 bridgehead atoms. The molecule has 1 aromatic heterocycles. The van der Waals surface area contributed by atoms with Gasteiger partial charge in [0.25, 0.3) is 0 Å². The SMILES string of the molecule is S=C(N/N=C/c1cn(Cc2ccccc2)c2ccccc12)NC1CCCCC1. The van der Waals surface area contributed by atoms with Crippen molar-refractivity contribution in [1.82, 2.24) is 15.3 Å². The Hall–Kier alpha value is -2.66. The summed E-state index contributed by atoms with van der Waals surface area (Å²) in [6.45, 7) is 0.838. The van der Waals surface area contributed by atoms with E-state index in [-0.39, 0.29) is 0 Å². The largest absolute Gasteiger partial charge is 0.359 e. The molecule has 0 spiro atoms. The Kier molecular flexibility index (Phi) is 6.02. The summed E-state index contributed by atoms with van der Waals surface area (Å²) in [6, 6.07) is 19.4. The molecular weight excluding hydrogens is 364 g/mol. The maximum absolute atomic E-state index is 5.40. The first-order valence-electron chi connectivity index (χ1n) is 10.0. The first kappa shape index (κ1) is 18.7. The van der Waals surface area contributed by atoms with E-state index in [0.717, 1.165) is 12.1 Å². The fourth-order valence-electron chi connectivity index (χ4n) is 3.91. The molecule has 0 amide bonds. The van der Waals surface area contributed by atoms with Gasteiger partial charge in [0.1, 0.15) is 0 Å². The van der Waals surface area contributed by atoms with E-state index in [1.807, 2.05) is 12.3 Å². The summed E-state index contributed by atoms with van der Waals surface area (Å²) in [5, 5.41) is 9.56. The first-order chi connectivity index (χ1) is 13.8. The second-order valence-corrected chi connectivity index (χ2v) is 7.80. The molecule has 4 rings (SSSR count). The minimum Gasteiger partial charge on any atom is -0.359 e. The minimum atomic E-state index is 0.483. The number of nitrogens with one attached hydrogen (secondary N) is 2. The molecule has 0 radical (unpaired) electrons. The number of benzene rings is 2. The molecule has 5 heteroatoms. The number of thiocarbonyl (C=S) groups is 1. The quantitative estimate of drug-likeness (QED) is 0.373. The molecule has 1 fully saturated rings. The van der Waals surface area contributed by atoms with Gasteiger partial charge in [-0.25, -0.2) is 0 Å². The van der Waals surface area contributed by atoms with E-state index in [2.05, 4.69) is 75.1 Å². The summed E-state index contributed by atoms with van der Waals surface area (Å²) in [6.07, 6.45) is 10.3. The molecule has 4 nitrogen and oxygen atoms in total. The number of hydrogen-bond donors (Lipinski definition) is 2. The van der Waals surface area contributed by atoms with Crippen molar-refractivity contribution in [3.05, 3.63) is 71.9 Å². The standard InChI is InChI=1S/C23H26N4S/c28-23(25-20-11-5-2-6-12-20)26-24-15-19-17-27(16-18-9-3-1-4-10-18)22-14-8-7-13-21(19)22/h1,3-4,7-10,13-15,17,20H,2,5-6,11-12,16H2,(H2,25,26,28)/b24-15+. The van der Waals surface area contributed by atoms with Gasteiger partial charge in [-0.05, 0) is 36.7 Å². The lowest BCUT2D eigenvalue weighted by Crippen LogP contribution is -2.40. The smallest absolute Gasteiger partial charge is 0.187 e. The number of hydrogen-bond acceptors (Lipinski definition) is 2. The molecule has 1 saturated carbocycles. The first-order valence-corrected chi connectivity index (χ1v) is 10.4.